The van der Waals surface area contributed by atoms with Gasteiger partial charge in [-0.05, 0) is 54.3 Å². The van der Waals surface area contributed by atoms with E-state index < -0.39 is 0 Å². The number of benzene rings is 2. The van der Waals surface area contributed by atoms with E-state index in [9.17, 15) is 9.18 Å². The summed E-state index contributed by atoms with van der Waals surface area (Å²) in [5.41, 5.74) is 4.44. The van der Waals surface area contributed by atoms with Gasteiger partial charge in [0.2, 0.25) is 0 Å². The van der Waals surface area contributed by atoms with Gasteiger partial charge in [0.1, 0.15) is 5.82 Å². The highest BCUT2D eigenvalue weighted by molar-refractivity contribution is 5.94. The zero-order valence-electron chi connectivity index (χ0n) is 15.2. The van der Waals surface area contributed by atoms with E-state index in [0.717, 1.165) is 23.4 Å². The SMILES string of the molecule is CCc1ccc(Nc2cncc(C(=O)NCCc3ccc(F)cc3)c2)cc1. The van der Waals surface area contributed by atoms with Gasteiger partial charge in [0, 0.05) is 18.4 Å². The van der Waals surface area contributed by atoms with E-state index in [1.807, 2.05) is 12.1 Å². The van der Waals surface area contributed by atoms with Gasteiger partial charge < -0.3 is 10.6 Å². The number of anilines is 2. The van der Waals surface area contributed by atoms with Crippen molar-refractivity contribution < 1.29 is 9.18 Å². The molecule has 2 N–H and O–H groups in total. The molecular weight excluding hydrogens is 341 g/mol. The van der Waals surface area contributed by atoms with Crippen LogP contribution in [0.15, 0.2) is 67.0 Å². The molecule has 138 valence electrons. The monoisotopic (exact) mass is 363 g/mol. The summed E-state index contributed by atoms with van der Waals surface area (Å²) < 4.78 is 12.9. The zero-order chi connectivity index (χ0) is 19.1. The number of hydrogen-bond acceptors (Lipinski definition) is 3. The topological polar surface area (TPSA) is 54.0 Å². The summed E-state index contributed by atoms with van der Waals surface area (Å²) in [5.74, 6) is -0.447. The molecule has 0 spiro atoms. The molecule has 1 heterocycles. The van der Waals surface area contributed by atoms with Crippen molar-refractivity contribution in [3.05, 3.63) is 89.5 Å². The fraction of sp³-hybridized carbons (Fsp3) is 0.182. The van der Waals surface area contributed by atoms with Crippen LogP contribution in [0.4, 0.5) is 15.8 Å². The third kappa shape index (κ3) is 5.38. The number of carbonyl (C=O) groups is 1. The van der Waals surface area contributed by atoms with Crippen LogP contribution in [-0.2, 0) is 12.8 Å². The summed E-state index contributed by atoms with van der Waals surface area (Å²) in [7, 11) is 0. The Balaban J connectivity index is 1.56. The first kappa shape index (κ1) is 18.6. The number of hydrogen-bond donors (Lipinski definition) is 2. The molecule has 0 aliphatic heterocycles. The number of amides is 1. The van der Waals surface area contributed by atoms with E-state index in [2.05, 4.69) is 34.7 Å². The lowest BCUT2D eigenvalue weighted by Crippen LogP contribution is -2.25. The third-order valence-corrected chi connectivity index (χ3v) is 4.26. The number of nitrogens with one attached hydrogen (secondary N) is 2. The lowest BCUT2D eigenvalue weighted by Gasteiger charge is -2.09. The summed E-state index contributed by atoms with van der Waals surface area (Å²) in [6.45, 7) is 2.59. The van der Waals surface area contributed by atoms with Crippen molar-refractivity contribution in [2.24, 2.45) is 0 Å². The van der Waals surface area contributed by atoms with Gasteiger partial charge in [-0.25, -0.2) is 4.39 Å². The molecule has 1 amide bonds. The molecule has 3 rings (SSSR count). The Hall–Kier alpha value is -3.21. The maximum atomic E-state index is 12.9. The zero-order valence-corrected chi connectivity index (χ0v) is 15.2. The first-order chi connectivity index (χ1) is 13.1. The van der Waals surface area contributed by atoms with Crippen molar-refractivity contribution >= 4 is 17.3 Å². The van der Waals surface area contributed by atoms with Gasteiger partial charge in [-0.2, -0.15) is 0 Å². The highest BCUT2D eigenvalue weighted by atomic mass is 19.1. The molecule has 0 saturated carbocycles. The molecule has 0 unspecified atom stereocenters. The van der Waals surface area contributed by atoms with Gasteiger partial charge in [0.05, 0.1) is 17.4 Å². The maximum Gasteiger partial charge on any atom is 0.252 e. The predicted molar refractivity (Wildman–Crippen MR) is 106 cm³/mol. The minimum atomic E-state index is -0.262. The number of rotatable bonds is 7. The molecule has 0 saturated heterocycles. The van der Waals surface area contributed by atoms with E-state index in [-0.39, 0.29) is 11.7 Å². The predicted octanol–water partition coefficient (Wildman–Crippen LogP) is 4.50. The summed E-state index contributed by atoms with van der Waals surface area (Å²) in [5, 5.41) is 6.13. The molecule has 2 aromatic carbocycles. The summed E-state index contributed by atoms with van der Waals surface area (Å²) in [4.78, 5) is 16.5. The van der Waals surface area contributed by atoms with Crippen LogP contribution in [0.3, 0.4) is 0 Å². The van der Waals surface area contributed by atoms with Crippen molar-refractivity contribution in [1.29, 1.82) is 0 Å². The number of pyridine rings is 1. The first-order valence-corrected chi connectivity index (χ1v) is 8.97. The second kappa shape index (κ2) is 8.94. The number of carbonyl (C=O) groups excluding carboxylic acids is 1. The molecule has 4 nitrogen and oxygen atoms in total. The standard InChI is InChI=1S/C22H22FN3O/c1-2-16-5-9-20(10-6-16)26-21-13-18(14-24-15-21)22(27)25-12-11-17-3-7-19(23)8-4-17/h3-10,13-15,26H,2,11-12H2,1H3,(H,25,27). The lowest BCUT2D eigenvalue weighted by atomic mass is 10.1. The van der Waals surface area contributed by atoms with Crippen LogP contribution in [0.5, 0.6) is 0 Å². The van der Waals surface area contributed by atoms with Gasteiger partial charge in [0.25, 0.3) is 5.91 Å². The summed E-state index contributed by atoms with van der Waals surface area (Å²) >= 11 is 0. The molecule has 0 atom stereocenters. The molecular formula is C22H22FN3O. The van der Waals surface area contributed by atoms with Crippen molar-refractivity contribution in [2.75, 3.05) is 11.9 Å². The van der Waals surface area contributed by atoms with E-state index in [4.69, 9.17) is 0 Å². The molecule has 0 fully saturated rings. The molecule has 1 aromatic heterocycles. The van der Waals surface area contributed by atoms with E-state index in [1.165, 1.54) is 17.7 Å². The second-order valence-electron chi connectivity index (χ2n) is 6.27. The fourth-order valence-electron chi connectivity index (χ4n) is 2.70. The van der Waals surface area contributed by atoms with Gasteiger partial charge in [-0.15, -0.1) is 0 Å². The average Bonchev–Trinajstić information content (AvgIpc) is 2.70. The number of halogens is 1. The van der Waals surface area contributed by atoms with E-state index >= 15 is 0 Å². The quantitative estimate of drug-likeness (QED) is 0.650. The van der Waals surface area contributed by atoms with Crippen LogP contribution in [0.25, 0.3) is 0 Å². The summed E-state index contributed by atoms with van der Waals surface area (Å²) in [6.07, 6.45) is 4.86. The normalized spacial score (nSPS) is 10.4. The average molecular weight is 363 g/mol. The molecule has 0 aliphatic carbocycles. The Bertz CT molecular complexity index is 892. The van der Waals surface area contributed by atoms with Gasteiger partial charge in [-0.3, -0.25) is 9.78 Å². The molecule has 5 heteroatoms. The smallest absolute Gasteiger partial charge is 0.252 e. The lowest BCUT2D eigenvalue weighted by molar-refractivity contribution is 0.0954. The van der Waals surface area contributed by atoms with E-state index in [1.54, 1.807) is 30.6 Å². The van der Waals surface area contributed by atoms with Crippen LogP contribution >= 0.6 is 0 Å². The maximum absolute atomic E-state index is 12.9. The molecule has 3 aromatic rings. The van der Waals surface area contributed by atoms with E-state index in [0.29, 0.717) is 18.5 Å². The Kier molecular flexibility index (Phi) is 6.15. The Labute approximate surface area is 158 Å². The van der Waals surface area contributed by atoms with Gasteiger partial charge >= 0.3 is 0 Å². The van der Waals surface area contributed by atoms with Crippen LogP contribution in [0, 0.1) is 5.82 Å². The number of nitrogens with zero attached hydrogens (tertiary/aromatic N) is 1. The van der Waals surface area contributed by atoms with Crippen molar-refractivity contribution in [3.63, 3.8) is 0 Å². The largest absolute Gasteiger partial charge is 0.354 e. The van der Waals surface area contributed by atoms with Crippen LogP contribution in [0.2, 0.25) is 0 Å². The number of aromatic nitrogens is 1. The third-order valence-electron chi connectivity index (χ3n) is 4.26. The van der Waals surface area contributed by atoms with Crippen molar-refractivity contribution in [3.8, 4) is 0 Å². The molecule has 0 radical (unpaired) electrons. The summed E-state index contributed by atoms with van der Waals surface area (Å²) in [6, 6.07) is 16.2. The molecule has 0 aliphatic rings. The molecule has 0 bridgehead atoms. The second-order valence-corrected chi connectivity index (χ2v) is 6.27. The Morgan fingerprint density at radius 2 is 1.67 bits per heavy atom. The minimum absolute atomic E-state index is 0.186. The minimum Gasteiger partial charge on any atom is -0.354 e. The van der Waals surface area contributed by atoms with Crippen LogP contribution in [0.1, 0.15) is 28.4 Å². The first-order valence-electron chi connectivity index (χ1n) is 8.97. The van der Waals surface area contributed by atoms with Crippen molar-refractivity contribution in [2.45, 2.75) is 19.8 Å². The van der Waals surface area contributed by atoms with Crippen LogP contribution < -0.4 is 10.6 Å². The molecule has 27 heavy (non-hydrogen) atoms. The Morgan fingerprint density at radius 3 is 2.37 bits per heavy atom. The highest BCUT2D eigenvalue weighted by Crippen LogP contribution is 2.17. The van der Waals surface area contributed by atoms with Gasteiger partial charge in [0.15, 0.2) is 0 Å². The number of aryl methyl sites for hydroxylation is 1. The van der Waals surface area contributed by atoms with Crippen molar-refractivity contribution in [1.82, 2.24) is 10.3 Å². The van der Waals surface area contributed by atoms with Crippen LogP contribution in [-0.4, -0.2) is 17.4 Å². The Morgan fingerprint density at radius 1 is 0.963 bits per heavy atom. The fourth-order valence-corrected chi connectivity index (χ4v) is 2.70. The van der Waals surface area contributed by atoms with Gasteiger partial charge in [-0.1, -0.05) is 31.2 Å². The highest BCUT2D eigenvalue weighted by Gasteiger charge is 2.07.